The summed E-state index contributed by atoms with van der Waals surface area (Å²) in [6, 6.07) is 3.82. The lowest BCUT2D eigenvalue weighted by molar-refractivity contribution is 0.265. The zero-order valence-electron chi connectivity index (χ0n) is 6.88. The van der Waals surface area contributed by atoms with Gasteiger partial charge < -0.3 is 10.4 Å². The van der Waals surface area contributed by atoms with Gasteiger partial charge in [0.15, 0.2) is 0 Å². The van der Waals surface area contributed by atoms with E-state index in [-0.39, 0.29) is 12.5 Å². The van der Waals surface area contributed by atoms with Crippen LogP contribution in [-0.4, -0.2) is 25.3 Å². The molecule has 0 amide bonds. The van der Waals surface area contributed by atoms with E-state index in [1.807, 2.05) is 19.2 Å². The molecule has 0 aromatic carbocycles. The minimum Gasteiger partial charge on any atom is -0.396 e. The smallest absolute Gasteiger partial charge is 0.0931 e. The fraction of sp³-hybridized carbons (Fsp3) is 0.500. The van der Waals surface area contributed by atoms with E-state index < -0.39 is 0 Å². The van der Waals surface area contributed by atoms with Crippen molar-refractivity contribution in [1.29, 1.82) is 0 Å². The molecule has 0 aliphatic carbocycles. The monoisotopic (exact) mass is 205 g/mol. The van der Waals surface area contributed by atoms with Crippen LogP contribution in [0.15, 0.2) is 12.1 Å². The van der Waals surface area contributed by atoms with Crippen molar-refractivity contribution in [2.75, 3.05) is 20.2 Å². The predicted octanol–water partition coefficient (Wildman–Crippen LogP) is 1.70. The van der Waals surface area contributed by atoms with Crippen LogP contribution in [0.25, 0.3) is 0 Å². The molecule has 4 heteroatoms. The maximum Gasteiger partial charge on any atom is 0.0931 e. The highest BCUT2D eigenvalue weighted by Crippen LogP contribution is 2.27. The molecule has 2 nitrogen and oxygen atoms in total. The summed E-state index contributed by atoms with van der Waals surface area (Å²) >= 11 is 7.30. The fourth-order valence-corrected chi connectivity index (χ4v) is 2.20. The zero-order chi connectivity index (χ0) is 8.97. The molecule has 1 unspecified atom stereocenters. The van der Waals surface area contributed by atoms with Crippen LogP contribution in [0.3, 0.4) is 0 Å². The van der Waals surface area contributed by atoms with Gasteiger partial charge in [0, 0.05) is 17.3 Å². The van der Waals surface area contributed by atoms with Crippen LogP contribution in [0.2, 0.25) is 4.34 Å². The highest BCUT2D eigenvalue weighted by atomic mass is 35.5. The minimum atomic E-state index is 0.164. The molecule has 2 N–H and O–H groups in total. The highest BCUT2D eigenvalue weighted by Gasteiger charge is 2.11. The molecule has 0 bridgehead atoms. The van der Waals surface area contributed by atoms with Crippen LogP contribution in [0.5, 0.6) is 0 Å². The van der Waals surface area contributed by atoms with Gasteiger partial charge in [0.05, 0.1) is 10.9 Å². The molecule has 0 spiro atoms. The molecule has 1 rings (SSSR count). The first-order valence-corrected chi connectivity index (χ1v) is 4.98. The first-order valence-electron chi connectivity index (χ1n) is 3.78. The van der Waals surface area contributed by atoms with Crippen LogP contribution in [0.1, 0.15) is 10.8 Å². The van der Waals surface area contributed by atoms with Crippen molar-refractivity contribution in [2.45, 2.75) is 5.92 Å². The fourth-order valence-electron chi connectivity index (χ4n) is 1.05. The third-order valence-electron chi connectivity index (χ3n) is 1.67. The third-order valence-corrected chi connectivity index (χ3v) is 3.06. The summed E-state index contributed by atoms with van der Waals surface area (Å²) in [5.74, 6) is 0.174. The van der Waals surface area contributed by atoms with Gasteiger partial charge in [0.2, 0.25) is 0 Å². The van der Waals surface area contributed by atoms with Crippen molar-refractivity contribution >= 4 is 22.9 Å². The van der Waals surface area contributed by atoms with Gasteiger partial charge in [-0.2, -0.15) is 0 Å². The second kappa shape index (κ2) is 4.82. The van der Waals surface area contributed by atoms with Crippen LogP contribution in [0, 0.1) is 0 Å². The Balaban J connectivity index is 2.66. The molecule has 1 aromatic heterocycles. The van der Waals surface area contributed by atoms with Crippen molar-refractivity contribution in [3.63, 3.8) is 0 Å². The quantitative estimate of drug-likeness (QED) is 0.785. The Morgan fingerprint density at radius 1 is 1.67 bits per heavy atom. The van der Waals surface area contributed by atoms with E-state index in [0.29, 0.717) is 0 Å². The SMILES string of the molecule is CNCC(CO)c1ccc(Cl)s1. The third kappa shape index (κ3) is 2.45. The van der Waals surface area contributed by atoms with Crippen LogP contribution >= 0.6 is 22.9 Å². The van der Waals surface area contributed by atoms with Crippen LogP contribution in [0.4, 0.5) is 0 Å². The van der Waals surface area contributed by atoms with E-state index in [9.17, 15) is 0 Å². The molecule has 0 aliphatic rings. The minimum absolute atomic E-state index is 0.164. The zero-order valence-corrected chi connectivity index (χ0v) is 8.45. The number of rotatable bonds is 4. The summed E-state index contributed by atoms with van der Waals surface area (Å²) in [4.78, 5) is 1.14. The maximum absolute atomic E-state index is 9.04. The Bertz CT molecular complexity index is 239. The second-order valence-corrected chi connectivity index (χ2v) is 4.33. The number of thiophene rings is 1. The van der Waals surface area contributed by atoms with E-state index in [1.54, 1.807) is 0 Å². The van der Waals surface area contributed by atoms with Crippen molar-refractivity contribution in [2.24, 2.45) is 0 Å². The normalized spacial score (nSPS) is 13.2. The topological polar surface area (TPSA) is 32.3 Å². The number of hydrogen-bond acceptors (Lipinski definition) is 3. The van der Waals surface area contributed by atoms with E-state index in [2.05, 4.69) is 5.32 Å². The molecular weight excluding hydrogens is 194 g/mol. The molecule has 0 saturated heterocycles. The van der Waals surface area contributed by atoms with Gasteiger partial charge in [-0.1, -0.05) is 11.6 Å². The Morgan fingerprint density at radius 3 is 2.83 bits per heavy atom. The summed E-state index contributed by atoms with van der Waals surface area (Å²) < 4.78 is 0.777. The van der Waals surface area contributed by atoms with E-state index >= 15 is 0 Å². The van der Waals surface area contributed by atoms with E-state index in [0.717, 1.165) is 15.8 Å². The molecule has 68 valence electrons. The van der Waals surface area contributed by atoms with Crippen molar-refractivity contribution in [3.8, 4) is 0 Å². The van der Waals surface area contributed by atoms with Crippen molar-refractivity contribution < 1.29 is 5.11 Å². The first kappa shape index (κ1) is 9.99. The van der Waals surface area contributed by atoms with Gasteiger partial charge in [-0.05, 0) is 19.2 Å². The molecule has 1 heterocycles. The van der Waals surface area contributed by atoms with E-state index in [1.165, 1.54) is 11.3 Å². The lowest BCUT2D eigenvalue weighted by atomic mass is 10.1. The first-order chi connectivity index (χ1) is 5.77. The molecule has 12 heavy (non-hydrogen) atoms. The molecule has 1 atom stereocenters. The number of likely N-dealkylation sites (N-methyl/N-ethyl adjacent to an activating group) is 1. The van der Waals surface area contributed by atoms with Gasteiger partial charge in [-0.15, -0.1) is 11.3 Å². The van der Waals surface area contributed by atoms with Gasteiger partial charge in [-0.3, -0.25) is 0 Å². The Labute approximate surface area is 81.2 Å². The summed E-state index contributed by atoms with van der Waals surface area (Å²) in [7, 11) is 1.87. The van der Waals surface area contributed by atoms with Crippen LogP contribution in [-0.2, 0) is 0 Å². The van der Waals surface area contributed by atoms with Gasteiger partial charge in [0.25, 0.3) is 0 Å². The summed E-state index contributed by atoms with van der Waals surface area (Å²) in [6.45, 7) is 0.949. The molecule has 0 saturated carbocycles. The predicted molar refractivity (Wildman–Crippen MR) is 53.1 cm³/mol. The van der Waals surface area contributed by atoms with Gasteiger partial charge in [-0.25, -0.2) is 0 Å². The van der Waals surface area contributed by atoms with Crippen molar-refractivity contribution in [3.05, 3.63) is 21.3 Å². The lowest BCUT2D eigenvalue weighted by Gasteiger charge is -2.10. The Morgan fingerprint density at radius 2 is 2.42 bits per heavy atom. The molecule has 0 aliphatic heterocycles. The summed E-state index contributed by atoms with van der Waals surface area (Å²) in [5.41, 5.74) is 0. The second-order valence-electron chi connectivity index (χ2n) is 2.58. The number of aliphatic hydroxyl groups is 1. The molecule has 1 aromatic rings. The number of nitrogens with one attached hydrogen (secondary N) is 1. The summed E-state index contributed by atoms with van der Waals surface area (Å²) in [5, 5.41) is 12.1. The Kier molecular flexibility index (Phi) is 4.01. The van der Waals surface area contributed by atoms with Crippen molar-refractivity contribution in [1.82, 2.24) is 5.32 Å². The Hall–Kier alpha value is -0.0900. The average molecular weight is 206 g/mol. The summed E-state index contributed by atoms with van der Waals surface area (Å²) in [6.07, 6.45) is 0. The number of aliphatic hydroxyl groups excluding tert-OH is 1. The average Bonchev–Trinajstić information content (AvgIpc) is 2.47. The number of hydrogen-bond donors (Lipinski definition) is 2. The highest BCUT2D eigenvalue weighted by molar-refractivity contribution is 7.16. The van der Waals surface area contributed by atoms with Crippen LogP contribution < -0.4 is 5.32 Å². The standard InChI is InChI=1S/C8H12ClNOS/c1-10-4-6(5-11)7-2-3-8(9)12-7/h2-3,6,10-11H,4-5H2,1H3. The molecule has 0 radical (unpaired) electrons. The largest absolute Gasteiger partial charge is 0.396 e. The maximum atomic E-state index is 9.04. The molecular formula is C8H12ClNOS. The number of halogens is 1. The van der Waals surface area contributed by atoms with E-state index in [4.69, 9.17) is 16.7 Å². The lowest BCUT2D eigenvalue weighted by Crippen LogP contribution is -2.19. The van der Waals surface area contributed by atoms with Gasteiger partial charge in [0.1, 0.15) is 0 Å². The molecule has 0 fully saturated rings. The van der Waals surface area contributed by atoms with Gasteiger partial charge >= 0.3 is 0 Å².